The first-order valence-corrected chi connectivity index (χ1v) is 11.7. The summed E-state index contributed by atoms with van der Waals surface area (Å²) in [5.41, 5.74) is 11.7. The Kier molecular flexibility index (Phi) is 4.71. The van der Waals surface area contributed by atoms with E-state index in [4.69, 9.17) is 5.73 Å². The summed E-state index contributed by atoms with van der Waals surface area (Å²) in [6, 6.07) is 9.16. The molecule has 0 heterocycles. The molecule has 4 aliphatic rings. The van der Waals surface area contributed by atoms with Gasteiger partial charge in [-0.15, -0.1) is 0 Å². The van der Waals surface area contributed by atoms with Gasteiger partial charge in [-0.2, -0.15) is 0 Å². The van der Waals surface area contributed by atoms with Crippen LogP contribution in [0.5, 0.6) is 0 Å². The van der Waals surface area contributed by atoms with Gasteiger partial charge in [0.15, 0.2) is 0 Å². The zero-order chi connectivity index (χ0) is 19.5. The van der Waals surface area contributed by atoms with Crippen LogP contribution in [0, 0.1) is 36.5 Å². The summed E-state index contributed by atoms with van der Waals surface area (Å²) in [7, 11) is 0. The largest absolute Gasteiger partial charge is 0.393 e. The Balaban J connectivity index is 0.00000205. The zero-order valence-corrected chi connectivity index (χ0v) is 17.6. The van der Waals surface area contributed by atoms with Gasteiger partial charge in [0, 0.05) is 6.97 Å². The van der Waals surface area contributed by atoms with E-state index in [0.29, 0.717) is 17.8 Å². The van der Waals surface area contributed by atoms with Gasteiger partial charge in [-0.05, 0) is 99.4 Å². The molecule has 0 bridgehead atoms. The van der Waals surface area contributed by atoms with E-state index >= 15 is 0 Å². The van der Waals surface area contributed by atoms with Gasteiger partial charge in [0.25, 0.3) is 0 Å². The number of aliphatic hydroxyl groups excluding tert-OH is 1. The number of fused-ring (bicyclic) bond motifs is 5. The molecule has 28 heavy (non-hydrogen) atoms. The number of allylic oxidation sites excluding steroid dienone is 1. The average molecular weight is 382 g/mol. The number of hydrogen-bond donors (Lipinski definition) is 2. The Morgan fingerprint density at radius 2 is 1.86 bits per heavy atom. The highest BCUT2D eigenvalue weighted by atomic mass is 16.3. The molecule has 154 valence electrons. The minimum atomic E-state index is -0.0949. The lowest BCUT2D eigenvalue weighted by Gasteiger charge is -2.54. The number of aliphatic hydroxyl groups is 1. The summed E-state index contributed by atoms with van der Waals surface area (Å²) in [5.74, 6) is 4.18. The van der Waals surface area contributed by atoms with Crippen molar-refractivity contribution in [2.75, 3.05) is 0 Å². The van der Waals surface area contributed by atoms with Crippen LogP contribution >= 0.6 is 0 Å². The molecule has 8 unspecified atom stereocenters. The molecule has 4 aliphatic carbocycles. The summed E-state index contributed by atoms with van der Waals surface area (Å²) in [4.78, 5) is 0. The number of hydrogen-bond acceptors (Lipinski definition) is 2. The zero-order valence-electron chi connectivity index (χ0n) is 17.6. The van der Waals surface area contributed by atoms with Crippen molar-refractivity contribution in [3.05, 3.63) is 47.0 Å². The summed E-state index contributed by atoms with van der Waals surface area (Å²) in [6.45, 7) is 4.58. The van der Waals surface area contributed by atoms with Gasteiger partial charge in [0.2, 0.25) is 0 Å². The third kappa shape index (κ3) is 2.91. The molecule has 3 fully saturated rings. The van der Waals surface area contributed by atoms with E-state index in [0.717, 1.165) is 30.6 Å². The molecule has 3 N–H and O–H groups in total. The molecule has 0 aromatic heterocycles. The SMILES string of the molecule is Cc1ccc(C(C)C2CCC3C4CC=C5CC(O)CCC5C4CCC23N)cc1.[HH]. The fraction of sp³-hybridized carbons (Fsp3) is 0.692. The van der Waals surface area contributed by atoms with Crippen molar-refractivity contribution in [2.45, 2.75) is 82.8 Å². The van der Waals surface area contributed by atoms with Crippen LogP contribution < -0.4 is 5.73 Å². The molecular formula is C26H39NO. The van der Waals surface area contributed by atoms with Crippen LogP contribution in [0.15, 0.2) is 35.9 Å². The lowest BCUT2D eigenvalue weighted by atomic mass is 9.53. The lowest BCUT2D eigenvalue weighted by Crippen LogP contribution is -2.58. The van der Waals surface area contributed by atoms with E-state index in [-0.39, 0.29) is 13.1 Å². The number of aryl methyl sites for hydroxylation is 1. The lowest BCUT2D eigenvalue weighted by molar-refractivity contribution is 0.0165. The van der Waals surface area contributed by atoms with E-state index in [9.17, 15) is 5.11 Å². The standard InChI is InChI=1S/C26H37NO.H2/c1-16-3-5-18(6-4-16)17(2)24-11-12-25-23-9-7-19-15-20(28)8-10-21(19)22(23)13-14-26(24,25)27;/h3-7,17,20-25,28H,8-15,27H2,1-2H3;1H. The molecule has 5 rings (SSSR count). The molecule has 8 atom stereocenters. The molecule has 0 saturated heterocycles. The van der Waals surface area contributed by atoms with Crippen molar-refractivity contribution >= 4 is 0 Å². The van der Waals surface area contributed by atoms with E-state index in [1.807, 2.05) is 0 Å². The Morgan fingerprint density at radius 1 is 1.07 bits per heavy atom. The second-order valence-electron chi connectivity index (χ2n) is 10.5. The minimum absolute atomic E-state index is 0. The molecule has 0 radical (unpaired) electrons. The highest BCUT2D eigenvalue weighted by Gasteiger charge is 2.57. The second kappa shape index (κ2) is 6.99. The van der Waals surface area contributed by atoms with Gasteiger partial charge in [-0.1, -0.05) is 48.4 Å². The Hall–Kier alpha value is -1.12. The van der Waals surface area contributed by atoms with Crippen molar-refractivity contribution in [3.63, 3.8) is 0 Å². The van der Waals surface area contributed by atoms with Crippen molar-refractivity contribution in [1.82, 2.24) is 0 Å². The Bertz CT molecular complexity index is 758. The van der Waals surface area contributed by atoms with Crippen LogP contribution in [-0.4, -0.2) is 16.7 Å². The molecule has 2 nitrogen and oxygen atoms in total. The van der Waals surface area contributed by atoms with Crippen LogP contribution in [0.2, 0.25) is 0 Å². The molecule has 1 aromatic carbocycles. The quantitative estimate of drug-likeness (QED) is 0.656. The maximum atomic E-state index is 10.1. The number of benzene rings is 1. The molecular weight excluding hydrogens is 342 g/mol. The van der Waals surface area contributed by atoms with Gasteiger partial charge in [-0.3, -0.25) is 0 Å². The Morgan fingerprint density at radius 3 is 2.64 bits per heavy atom. The van der Waals surface area contributed by atoms with Crippen molar-refractivity contribution < 1.29 is 6.53 Å². The van der Waals surface area contributed by atoms with Crippen LogP contribution in [0.1, 0.15) is 76.8 Å². The number of rotatable bonds is 2. The molecule has 0 aliphatic heterocycles. The van der Waals surface area contributed by atoms with Crippen molar-refractivity contribution in [1.29, 1.82) is 0 Å². The minimum Gasteiger partial charge on any atom is -0.393 e. The maximum Gasteiger partial charge on any atom is 0.0577 e. The molecule has 1 aromatic rings. The van der Waals surface area contributed by atoms with Gasteiger partial charge >= 0.3 is 0 Å². The third-order valence-corrected chi connectivity index (χ3v) is 9.28. The predicted octanol–water partition coefficient (Wildman–Crippen LogP) is 5.59. The predicted molar refractivity (Wildman–Crippen MR) is 117 cm³/mol. The maximum absolute atomic E-state index is 10.1. The fourth-order valence-corrected chi connectivity index (χ4v) is 7.83. The summed E-state index contributed by atoms with van der Waals surface area (Å²) < 4.78 is 0. The van der Waals surface area contributed by atoms with E-state index in [1.165, 1.54) is 49.7 Å². The van der Waals surface area contributed by atoms with Gasteiger partial charge in [-0.25, -0.2) is 0 Å². The third-order valence-electron chi connectivity index (χ3n) is 9.28. The normalized spacial score (nSPS) is 43.5. The van der Waals surface area contributed by atoms with Gasteiger partial charge in [0.1, 0.15) is 0 Å². The van der Waals surface area contributed by atoms with Crippen LogP contribution in [0.3, 0.4) is 0 Å². The smallest absolute Gasteiger partial charge is 0.0577 e. The van der Waals surface area contributed by atoms with Crippen LogP contribution in [-0.2, 0) is 0 Å². The van der Waals surface area contributed by atoms with Crippen molar-refractivity contribution in [2.24, 2.45) is 35.3 Å². The van der Waals surface area contributed by atoms with E-state index in [1.54, 1.807) is 5.57 Å². The van der Waals surface area contributed by atoms with Crippen LogP contribution in [0.25, 0.3) is 0 Å². The van der Waals surface area contributed by atoms with Crippen molar-refractivity contribution in [3.8, 4) is 0 Å². The van der Waals surface area contributed by atoms with E-state index in [2.05, 4.69) is 44.2 Å². The summed E-state index contributed by atoms with van der Waals surface area (Å²) >= 11 is 0. The second-order valence-corrected chi connectivity index (χ2v) is 10.5. The van der Waals surface area contributed by atoms with E-state index < -0.39 is 0 Å². The molecule has 2 heteroatoms. The molecule has 3 saturated carbocycles. The molecule has 0 amide bonds. The average Bonchev–Trinajstić information content (AvgIpc) is 3.04. The first-order chi connectivity index (χ1) is 13.5. The first-order valence-electron chi connectivity index (χ1n) is 11.7. The first kappa shape index (κ1) is 18.9. The van der Waals surface area contributed by atoms with Gasteiger partial charge in [0.05, 0.1) is 6.10 Å². The summed E-state index contributed by atoms with van der Waals surface area (Å²) in [5, 5.41) is 10.1. The Labute approximate surface area is 172 Å². The topological polar surface area (TPSA) is 46.2 Å². The number of nitrogens with two attached hydrogens (primary N) is 1. The highest BCUT2D eigenvalue weighted by molar-refractivity contribution is 5.28. The monoisotopic (exact) mass is 381 g/mol. The molecule has 0 spiro atoms. The highest BCUT2D eigenvalue weighted by Crippen LogP contribution is 2.60. The summed E-state index contributed by atoms with van der Waals surface area (Å²) in [6.07, 6.45) is 11.9. The fourth-order valence-electron chi connectivity index (χ4n) is 7.83. The van der Waals surface area contributed by atoms with Crippen LogP contribution in [0.4, 0.5) is 0 Å². The van der Waals surface area contributed by atoms with Gasteiger partial charge < -0.3 is 10.8 Å².